The Hall–Kier alpha value is -2.52. The number of aromatic hydroxyl groups is 1. The summed E-state index contributed by atoms with van der Waals surface area (Å²) in [5, 5.41) is 19.7. The van der Waals surface area contributed by atoms with Gasteiger partial charge in [-0.2, -0.15) is 0 Å². The summed E-state index contributed by atoms with van der Waals surface area (Å²) in [6, 6.07) is 8.26. The molecular formula is C12H11N3O5S. The molecule has 0 radical (unpaired) electrons. The summed E-state index contributed by atoms with van der Waals surface area (Å²) >= 11 is 0. The van der Waals surface area contributed by atoms with Crippen molar-refractivity contribution in [1.82, 2.24) is 9.71 Å². The molecule has 2 N–H and O–H groups in total. The van der Waals surface area contributed by atoms with Crippen molar-refractivity contribution in [1.29, 1.82) is 0 Å². The third-order valence-corrected chi connectivity index (χ3v) is 3.98. The van der Waals surface area contributed by atoms with Crippen molar-refractivity contribution in [3.63, 3.8) is 0 Å². The summed E-state index contributed by atoms with van der Waals surface area (Å²) in [7, 11) is -3.83. The van der Waals surface area contributed by atoms with Crippen LogP contribution in [0.25, 0.3) is 0 Å². The number of nitrogens with zero attached hydrogens (tertiary/aromatic N) is 2. The molecule has 0 atom stereocenters. The number of nitrogens with one attached hydrogen (secondary N) is 1. The highest BCUT2D eigenvalue weighted by Gasteiger charge is 2.17. The molecule has 0 aliphatic heterocycles. The van der Waals surface area contributed by atoms with Gasteiger partial charge in [-0.3, -0.25) is 0 Å². The van der Waals surface area contributed by atoms with Gasteiger partial charge in [-0.25, -0.2) is 13.1 Å². The molecule has 2 rings (SSSR count). The lowest BCUT2D eigenvalue weighted by Gasteiger charge is -2.06. The molecule has 110 valence electrons. The molecule has 9 heteroatoms. The van der Waals surface area contributed by atoms with Crippen molar-refractivity contribution in [2.45, 2.75) is 11.4 Å². The van der Waals surface area contributed by atoms with Crippen molar-refractivity contribution in [2.75, 3.05) is 0 Å². The maximum atomic E-state index is 12.0. The molecule has 0 aliphatic carbocycles. The molecule has 0 spiro atoms. The summed E-state index contributed by atoms with van der Waals surface area (Å²) < 4.78 is 26.3. The van der Waals surface area contributed by atoms with Gasteiger partial charge in [0.1, 0.15) is 10.6 Å². The number of phenols is 1. The van der Waals surface area contributed by atoms with Crippen LogP contribution in [0.3, 0.4) is 0 Å². The predicted molar refractivity (Wildman–Crippen MR) is 73.0 cm³/mol. The summed E-state index contributed by atoms with van der Waals surface area (Å²) in [4.78, 5) is 13.0. The molecule has 21 heavy (non-hydrogen) atoms. The Labute approximate surface area is 120 Å². The molecular weight excluding hydrogens is 298 g/mol. The van der Waals surface area contributed by atoms with Crippen LogP contribution < -0.4 is 4.72 Å². The Bertz CT molecular complexity index is 759. The minimum atomic E-state index is -3.83. The Kier molecular flexibility index (Phi) is 4.15. The molecule has 0 bridgehead atoms. The third-order valence-electron chi connectivity index (χ3n) is 2.59. The quantitative estimate of drug-likeness (QED) is 0.631. The Balaban J connectivity index is 2.13. The van der Waals surface area contributed by atoms with Crippen LogP contribution >= 0.6 is 0 Å². The van der Waals surface area contributed by atoms with Crippen LogP contribution in [-0.2, 0) is 16.6 Å². The van der Waals surface area contributed by atoms with Gasteiger partial charge in [0.05, 0.1) is 0 Å². The fraction of sp³-hybridized carbons (Fsp3) is 0.0833. The van der Waals surface area contributed by atoms with E-state index in [4.69, 9.17) is 0 Å². The van der Waals surface area contributed by atoms with Crippen LogP contribution in [0.2, 0.25) is 0 Å². The van der Waals surface area contributed by atoms with Crippen molar-refractivity contribution in [3.8, 4) is 5.75 Å². The number of phenolic OH excluding ortho intramolecular Hbond substituents is 1. The van der Waals surface area contributed by atoms with E-state index in [1.165, 1.54) is 12.1 Å². The lowest BCUT2D eigenvalue weighted by atomic mass is 10.2. The largest absolute Gasteiger partial charge is 0.508 e. The Morgan fingerprint density at radius 1 is 1.29 bits per heavy atom. The van der Waals surface area contributed by atoms with E-state index in [0.717, 1.165) is 18.3 Å². The first-order valence-electron chi connectivity index (χ1n) is 5.76. The van der Waals surface area contributed by atoms with Crippen molar-refractivity contribution in [3.05, 3.63) is 58.3 Å². The fourth-order valence-corrected chi connectivity index (χ4v) is 2.53. The van der Waals surface area contributed by atoms with E-state index in [0.29, 0.717) is 5.56 Å². The van der Waals surface area contributed by atoms with Gasteiger partial charge >= 0.3 is 5.82 Å². The van der Waals surface area contributed by atoms with Crippen LogP contribution in [0.15, 0.2) is 47.5 Å². The second-order valence-electron chi connectivity index (χ2n) is 4.10. The third kappa shape index (κ3) is 3.74. The second kappa shape index (κ2) is 5.85. The van der Waals surface area contributed by atoms with Crippen molar-refractivity contribution in [2.24, 2.45) is 0 Å². The maximum Gasteiger partial charge on any atom is 0.363 e. The lowest BCUT2D eigenvalue weighted by Crippen LogP contribution is -2.23. The number of hydrogen-bond acceptors (Lipinski definition) is 6. The van der Waals surface area contributed by atoms with Crippen LogP contribution in [0.4, 0.5) is 5.82 Å². The second-order valence-corrected chi connectivity index (χ2v) is 5.87. The molecule has 2 aromatic rings. The van der Waals surface area contributed by atoms with Gasteiger partial charge in [0.15, 0.2) is 6.20 Å². The van der Waals surface area contributed by atoms with Gasteiger partial charge in [0.25, 0.3) is 0 Å². The highest BCUT2D eigenvalue weighted by molar-refractivity contribution is 7.89. The summed E-state index contributed by atoms with van der Waals surface area (Å²) in [5.74, 6) is -0.398. The van der Waals surface area contributed by atoms with Crippen molar-refractivity contribution < 1.29 is 18.4 Å². The first-order chi connectivity index (χ1) is 9.88. The van der Waals surface area contributed by atoms with E-state index in [-0.39, 0.29) is 17.2 Å². The maximum absolute atomic E-state index is 12.0. The number of aromatic nitrogens is 1. The highest BCUT2D eigenvalue weighted by atomic mass is 32.2. The summed E-state index contributed by atoms with van der Waals surface area (Å²) in [5.41, 5.74) is 0.577. The van der Waals surface area contributed by atoms with Gasteiger partial charge < -0.3 is 15.2 Å². The van der Waals surface area contributed by atoms with Gasteiger partial charge in [-0.15, -0.1) is 0 Å². The molecule has 0 amide bonds. The predicted octanol–water partition coefficient (Wildman–Crippen LogP) is 1.17. The van der Waals surface area contributed by atoms with Crippen molar-refractivity contribution >= 4 is 15.8 Å². The van der Waals surface area contributed by atoms with E-state index < -0.39 is 20.8 Å². The molecule has 1 aromatic carbocycles. The zero-order chi connectivity index (χ0) is 15.5. The zero-order valence-corrected chi connectivity index (χ0v) is 11.4. The van der Waals surface area contributed by atoms with Gasteiger partial charge in [0, 0.05) is 12.6 Å². The van der Waals surface area contributed by atoms with Crippen LogP contribution in [-0.4, -0.2) is 23.4 Å². The highest BCUT2D eigenvalue weighted by Crippen LogP contribution is 2.14. The van der Waals surface area contributed by atoms with Gasteiger partial charge in [-0.1, -0.05) is 12.1 Å². The Morgan fingerprint density at radius 3 is 2.62 bits per heavy atom. The average molecular weight is 309 g/mol. The first-order valence-corrected chi connectivity index (χ1v) is 7.25. The topological polar surface area (TPSA) is 122 Å². The SMILES string of the molecule is O=[N+]([O-])c1ccc(S(=O)(=O)NCc2cccc(O)c2)cn1. The lowest BCUT2D eigenvalue weighted by molar-refractivity contribution is -0.389. The molecule has 1 heterocycles. The molecule has 0 saturated heterocycles. The molecule has 0 unspecified atom stereocenters. The minimum absolute atomic E-state index is 0.0201. The summed E-state index contributed by atoms with van der Waals surface area (Å²) in [6.07, 6.45) is 0.920. The molecule has 0 aliphatic rings. The van der Waals surface area contributed by atoms with Gasteiger partial charge in [-0.05, 0) is 33.7 Å². The monoisotopic (exact) mass is 309 g/mol. The van der Waals surface area contributed by atoms with E-state index in [1.54, 1.807) is 12.1 Å². The number of sulfonamides is 1. The van der Waals surface area contributed by atoms with E-state index in [2.05, 4.69) is 9.71 Å². The number of rotatable bonds is 5. The normalized spacial score (nSPS) is 11.2. The smallest absolute Gasteiger partial charge is 0.363 e. The molecule has 0 saturated carbocycles. The molecule has 8 nitrogen and oxygen atoms in total. The molecule has 1 aromatic heterocycles. The first kappa shape index (κ1) is 14.9. The summed E-state index contributed by atoms with van der Waals surface area (Å²) in [6.45, 7) is -0.0201. The zero-order valence-electron chi connectivity index (χ0n) is 10.6. The number of nitro groups is 1. The Morgan fingerprint density at radius 2 is 2.05 bits per heavy atom. The van der Waals surface area contributed by atoms with E-state index in [1.807, 2.05) is 0 Å². The van der Waals surface area contributed by atoms with Crippen LogP contribution in [0.5, 0.6) is 5.75 Å². The average Bonchev–Trinajstić information content (AvgIpc) is 2.45. The standard InChI is InChI=1S/C12H11N3O5S/c16-10-3-1-2-9(6-10)7-14-21(19,20)11-4-5-12(13-8-11)15(17)18/h1-6,8,14,16H,7H2. The number of hydrogen-bond donors (Lipinski definition) is 2. The van der Waals surface area contributed by atoms with Crippen LogP contribution in [0.1, 0.15) is 5.56 Å². The van der Waals surface area contributed by atoms with Crippen LogP contribution in [0, 0.1) is 10.1 Å². The van der Waals surface area contributed by atoms with E-state index >= 15 is 0 Å². The fourth-order valence-electron chi connectivity index (χ4n) is 1.57. The number of pyridine rings is 1. The minimum Gasteiger partial charge on any atom is -0.508 e. The van der Waals surface area contributed by atoms with E-state index in [9.17, 15) is 23.6 Å². The molecule has 0 fully saturated rings. The number of benzene rings is 1. The van der Waals surface area contributed by atoms with Gasteiger partial charge in [0.2, 0.25) is 10.0 Å².